The molecule has 2 heterocycles. The lowest BCUT2D eigenvalue weighted by atomic mass is 10.00. The molecule has 1 unspecified atom stereocenters. The molecule has 0 bridgehead atoms. The van der Waals surface area contributed by atoms with Crippen molar-refractivity contribution in [2.75, 3.05) is 33.2 Å². The number of hydrogen-bond donors (Lipinski definition) is 1. The first-order valence-corrected chi connectivity index (χ1v) is 9.67. The van der Waals surface area contributed by atoms with E-state index in [-0.39, 0.29) is 0 Å². The second-order valence-electron chi connectivity index (χ2n) is 5.42. The first-order valence-electron chi connectivity index (χ1n) is 7.33. The fourth-order valence-corrected chi connectivity index (χ4v) is 4.57. The maximum atomic E-state index is 12.6. The van der Waals surface area contributed by atoms with Crippen molar-refractivity contribution < 1.29 is 8.42 Å². The zero-order valence-corrected chi connectivity index (χ0v) is 14.3. The molecular weight excluding hydrogens is 308 g/mol. The molecule has 6 nitrogen and oxygen atoms in total. The van der Waals surface area contributed by atoms with Crippen LogP contribution >= 0.6 is 11.3 Å². The zero-order chi connectivity index (χ0) is 15.3. The summed E-state index contributed by atoms with van der Waals surface area (Å²) >= 11 is 1.48. The van der Waals surface area contributed by atoms with Crippen LogP contribution in [0.4, 0.5) is 0 Å². The molecule has 0 spiro atoms. The maximum absolute atomic E-state index is 12.6. The number of rotatable bonds is 7. The third-order valence-electron chi connectivity index (χ3n) is 3.75. The van der Waals surface area contributed by atoms with Gasteiger partial charge < -0.3 is 5.32 Å². The highest BCUT2D eigenvalue weighted by Gasteiger charge is 2.31. The van der Waals surface area contributed by atoms with E-state index in [0.29, 0.717) is 25.6 Å². The molecule has 8 heteroatoms. The van der Waals surface area contributed by atoms with Crippen molar-refractivity contribution in [3.63, 3.8) is 0 Å². The van der Waals surface area contributed by atoms with Gasteiger partial charge in [-0.05, 0) is 31.8 Å². The van der Waals surface area contributed by atoms with Crippen molar-refractivity contribution in [1.82, 2.24) is 18.9 Å². The van der Waals surface area contributed by atoms with E-state index in [4.69, 9.17) is 0 Å². The topological polar surface area (TPSA) is 65.5 Å². The summed E-state index contributed by atoms with van der Waals surface area (Å²) in [5.74, 6) is 0.404. The molecule has 1 saturated heterocycles. The lowest BCUT2D eigenvalue weighted by Gasteiger charge is -2.34. The van der Waals surface area contributed by atoms with Crippen LogP contribution in [0.1, 0.15) is 25.5 Å². The summed E-state index contributed by atoms with van der Waals surface area (Å²) in [6.07, 6.45) is 2.02. The average molecular weight is 332 g/mol. The van der Waals surface area contributed by atoms with Gasteiger partial charge in [-0.2, -0.15) is 17.0 Å². The normalized spacial score (nSPS) is 21.0. The number of nitrogens with zero attached hydrogens (tertiary/aromatic N) is 3. The van der Waals surface area contributed by atoms with Crippen LogP contribution in [-0.2, 0) is 16.8 Å². The molecule has 21 heavy (non-hydrogen) atoms. The van der Waals surface area contributed by atoms with Crippen molar-refractivity contribution in [2.24, 2.45) is 5.92 Å². The second kappa shape index (κ2) is 7.64. The molecule has 0 aliphatic carbocycles. The van der Waals surface area contributed by atoms with Crippen LogP contribution in [0.2, 0.25) is 0 Å². The summed E-state index contributed by atoms with van der Waals surface area (Å²) in [7, 11) is -1.76. The van der Waals surface area contributed by atoms with Crippen LogP contribution in [0.3, 0.4) is 0 Å². The molecule has 0 saturated carbocycles. The van der Waals surface area contributed by atoms with E-state index in [1.54, 1.807) is 16.9 Å². The Kier molecular flexibility index (Phi) is 6.12. The minimum atomic E-state index is -3.39. The SMILES string of the molecule is CCNCC1CCCN(S(=O)(=O)N(C)Cc2cscn2)C1. The molecule has 0 radical (unpaired) electrons. The van der Waals surface area contributed by atoms with Gasteiger partial charge in [0.15, 0.2) is 0 Å². The first kappa shape index (κ1) is 16.8. The van der Waals surface area contributed by atoms with Crippen molar-refractivity contribution in [3.05, 3.63) is 16.6 Å². The van der Waals surface area contributed by atoms with E-state index >= 15 is 0 Å². The predicted octanol–water partition coefficient (Wildman–Crippen LogP) is 1.14. The standard InChI is InChI=1S/C13H24N4O2S2/c1-3-14-7-12-5-4-6-17(8-12)21(18,19)16(2)9-13-10-20-11-15-13/h10-12,14H,3-9H2,1-2H3. The van der Waals surface area contributed by atoms with Gasteiger partial charge in [-0.1, -0.05) is 6.92 Å². The Bertz CT molecular complexity index is 518. The van der Waals surface area contributed by atoms with Crippen molar-refractivity contribution in [2.45, 2.75) is 26.3 Å². The lowest BCUT2D eigenvalue weighted by Crippen LogP contribution is -2.48. The highest BCUT2D eigenvalue weighted by Crippen LogP contribution is 2.21. The second-order valence-corrected chi connectivity index (χ2v) is 8.17. The minimum absolute atomic E-state index is 0.334. The molecule has 1 N–H and O–H groups in total. The van der Waals surface area contributed by atoms with E-state index in [2.05, 4.69) is 17.2 Å². The smallest absolute Gasteiger partial charge is 0.282 e. The van der Waals surface area contributed by atoms with Gasteiger partial charge >= 0.3 is 0 Å². The molecule has 1 fully saturated rings. The van der Waals surface area contributed by atoms with E-state index in [0.717, 1.165) is 31.6 Å². The van der Waals surface area contributed by atoms with Crippen LogP contribution in [0.25, 0.3) is 0 Å². The molecule has 1 aliphatic heterocycles. The molecule has 0 aromatic carbocycles. The van der Waals surface area contributed by atoms with Gasteiger partial charge in [0.2, 0.25) is 0 Å². The van der Waals surface area contributed by atoms with Crippen molar-refractivity contribution in [3.8, 4) is 0 Å². The van der Waals surface area contributed by atoms with Gasteiger partial charge in [-0.25, -0.2) is 4.98 Å². The summed E-state index contributed by atoms with van der Waals surface area (Å²) < 4.78 is 28.3. The van der Waals surface area contributed by atoms with Gasteiger partial charge in [0, 0.05) is 25.5 Å². The predicted molar refractivity (Wildman–Crippen MR) is 85.3 cm³/mol. The quantitative estimate of drug-likeness (QED) is 0.813. The van der Waals surface area contributed by atoms with E-state index in [1.807, 2.05) is 5.38 Å². The molecule has 2 rings (SSSR count). The summed E-state index contributed by atoms with van der Waals surface area (Å²) in [4.78, 5) is 4.15. The molecule has 1 atom stereocenters. The Labute approximate surface area is 131 Å². The zero-order valence-electron chi connectivity index (χ0n) is 12.7. The number of piperidine rings is 1. The Morgan fingerprint density at radius 2 is 2.38 bits per heavy atom. The largest absolute Gasteiger partial charge is 0.317 e. The summed E-state index contributed by atoms with van der Waals surface area (Å²) in [5.41, 5.74) is 2.52. The average Bonchev–Trinajstić information content (AvgIpc) is 2.98. The Hall–Kier alpha value is -0.540. The van der Waals surface area contributed by atoms with E-state index < -0.39 is 10.2 Å². The van der Waals surface area contributed by atoms with Gasteiger partial charge in [0.25, 0.3) is 10.2 Å². The Balaban J connectivity index is 1.97. The number of hydrogen-bond acceptors (Lipinski definition) is 5. The van der Waals surface area contributed by atoms with Crippen molar-refractivity contribution >= 4 is 21.5 Å². The number of nitrogens with one attached hydrogen (secondary N) is 1. The van der Waals surface area contributed by atoms with E-state index in [9.17, 15) is 8.42 Å². The molecule has 1 aliphatic rings. The summed E-state index contributed by atoms with van der Waals surface area (Å²) in [6, 6.07) is 0. The fraction of sp³-hybridized carbons (Fsp3) is 0.769. The Morgan fingerprint density at radius 1 is 1.57 bits per heavy atom. The molecule has 120 valence electrons. The molecular formula is C13H24N4O2S2. The first-order chi connectivity index (χ1) is 10.0. The summed E-state index contributed by atoms with van der Waals surface area (Å²) in [6.45, 7) is 5.44. The summed E-state index contributed by atoms with van der Waals surface area (Å²) in [5, 5.41) is 5.20. The lowest BCUT2D eigenvalue weighted by molar-refractivity contribution is 0.246. The maximum Gasteiger partial charge on any atom is 0.282 e. The Morgan fingerprint density at radius 3 is 3.05 bits per heavy atom. The van der Waals surface area contributed by atoms with Crippen LogP contribution in [0, 0.1) is 5.92 Å². The van der Waals surface area contributed by atoms with Gasteiger partial charge in [-0.3, -0.25) is 0 Å². The van der Waals surface area contributed by atoms with Crippen molar-refractivity contribution in [1.29, 1.82) is 0 Å². The number of aromatic nitrogens is 1. The molecule has 1 aromatic rings. The fourth-order valence-electron chi connectivity index (χ4n) is 2.57. The number of thiazole rings is 1. The molecule has 0 amide bonds. The molecule has 1 aromatic heterocycles. The van der Waals surface area contributed by atoms with Crippen LogP contribution in [0.5, 0.6) is 0 Å². The van der Waals surface area contributed by atoms with Gasteiger partial charge in [0.1, 0.15) is 0 Å². The van der Waals surface area contributed by atoms with Gasteiger partial charge in [-0.15, -0.1) is 11.3 Å². The van der Waals surface area contributed by atoms with Crippen LogP contribution in [-0.4, -0.2) is 55.2 Å². The van der Waals surface area contributed by atoms with Gasteiger partial charge in [0.05, 0.1) is 17.7 Å². The highest BCUT2D eigenvalue weighted by molar-refractivity contribution is 7.86. The van der Waals surface area contributed by atoms with Crippen LogP contribution < -0.4 is 5.32 Å². The minimum Gasteiger partial charge on any atom is -0.317 e. The monoisotopic (exact) mass is 332 g/mol. The third-order valence-corrected chi connectivity index (χ3v) is 6.29. The van der Waals surface area contributed by atoms with Crippen LogP contribution in [0.15, 0.2) is 10.9 Å². The highest BCUT2D eigenvalue weighted by atomic mass is 32.2. The third kappa shape index (κ3) is 4.46. The van der Waals surface area contributed by atoms with E-state index in [1.165, 1.54) is 15.6 Å².